The Kier molecular flexibility index (Phi) is 4.44. The molecule has 0 saturated carbocycles. The fourth-order valence-electron chi connectivity index (χ4n) is 2.53. The molecular weight excluding hydrogens is 284 g/mol. The number of fused-ring (bicyclic) bond motifs is 1. The van der Waals surface area contributed by atoms with Crippen molar-refractivity contribution in [3.8, 4) is 0 Å². The molecule has 2 rings (SSSR count). The van der Waals surface area contributed by atoms with Crippen LogP contribution in [-0.2, 0) is 24.8 Å². The highest BCUT2D eigenvalue weighted by molar-refractivity contribution is 5.89. The first-order valence-electron chi connectivity index (χ1n) is 7.52. The number of esters is 1. The lowest BCUT2D eigenvalue weighted by atomic mass is 10.0. The largest absolute Gasteiger partial charge is 0.461 e. The van der Waals surface area contributed by atoms with Crippen LogP contribution in [0.4, 0.5) is 4.79 Å². The maximum absolute atomic E-state index is 12.3. The summed E-state index contributed by atoms with van der Waals surface area (Å²) in [7, 11) is 1.81. The number of rotatable bonds is 2. The van der Waals surface area contributed by atoms with Crippen molar-refractivity contribution in [1.82, 2.24) is 20.0 Å². The Hall–Kier alpha value is -2.05. The van der Waals surface area contributed by atoms with Gasteiger partial charge in [-0.05, 0) is 27.7 Å². The van der Waals surface area contributed by atoms with Crippen molar-refractivity contribution in [1.29, 1.82) is 0 Å². The van der Waals surface area contributed by atoms with E-state index < -0.39 is 5.97 Å². The lowest BCUT2D eigenvalue weighted by Gasteiger charge is -2.31. The van der Waals surface area contributed by atoms with Crippen LogP contribution in [-0.4, -0.2) is 45.4 Å². The van der Waals surface area contributed by atoms with Crippen LogP contribution in [0.25, 0.3) is 0 Å². The molecule has 7 heteroatoms. The molecule has 0 aliphatic carbocycles. The summed E-state index contributed by atoms with van der Waals surface area (Å²) in [4.78, 5) is 26.0. The van der Waals surface area contributed by atoms with Gasteiger partial charge in [0.25, 0.3) is 0 Å². The number of urea groups is 1. The second kappa shape index (κ2) is 5.98. The Balaban J connectivity index is 2.22. The zero-order valence-electron chi connectivity index (χ0n) is 13.9. The van der Waals surface area contributed by atoms with Gasteiger partial charge in [0.05, 0.1) is 13.2 Å². The summed E-state index contributed by atoms with van der Waals surface area (Å²) in [5.74, 6) is -0.433. The van der Waals surface area contributed by atoms with Crippen LogP contribution in [0.1, 0.15) is 49.4 Å². The smallest absolute Gasteiger partial charge is 0.359 e. The number of aryl methyl sites for hydroxylation is 1. The molecule has 1 aromatic rings. The van der Waals surface area contributed by atoms with Gasteiger partial charge >= 0.3 is 12.0 Å². The summed E-state index contributed by atoms with van der Waals surface area (Å²) < 4.78 is 6.76. The van der Waals surface area contributed by atoms with E-state index in [1.807, 2.05) is 27.8 Å². The van der Waals surface area contributed by atoms with Gasteiger partial charge < -0.3 is 15.0 Å². The van der Waals surface area contributed by atoms with Gasteiger partial charge in [-0.3, -0.25) is 4.68 Å². The number of nitrogens with one attached hydrogen (secondary N) is 1. The molecule has 7 nitrogen and oxygen atoms in total. The Morgan fingerprint density at radius 2 is 2.05 bits per heavy atom. The molecule has 22 heavy (non-hydrogen) atoms. The van der Waals surface area contributed by atoms with E-state index in [-0.39, 0.29) is 11.6 Å². The summed E-state index contributed by atoms with van der Waals surface area (Å²) >= 11 is 0. The van der Waals surface area contributed by atoms with E-state index in [2.05, 4.69) is 10.4 Å². The average molecular weight is 308 g/mol. The molecule has 0 saturated heterocycles. The Bertz CT molecular complexity index is 586. The molecule has 1 N–H and O–H groups in total. The van der Waals surface area contributed by atoms with Crippen molar-refractivity contribution < 1.29 is 14.3 Å². The van der Waals surface area contributed by atoms with Gasteiger partial charge in [-0.2, -0.15) is 5.10 Å². The van der Waals surface area contributed by atoms with Crippen LogP contribution in [0.5, 0.6) is 0 Å². The van der Waals surface area contributed by atoms with Crippen LogP contribution in [0.2, 0.25) is 0 Å². The minimum atomic E-state index is -0.433. The summed E-state index contributed by atoms with van der Waals surface area (Å²) in [5.41, 5.74) is 1.79. The summed E-state index contributed by atoms with van der Waals surface area (Å²) in [6.07, 6.45) is 0.676. The quantitative estimate of drug-likeness (QED) is 0.839. The van der Waals surface area contributed by atoms with Crippen LogP contribution in [0.15, 0.2) is 0 Å². The normalized spacial score (nSPS) is 14.5. The van der Waals surface area contributed by atoms with Crippen molar-refractivity contribution in [2.24, 2.45) is 7.05 Å². The fourth-order valence-corrected chi connectivity index (χ4v) is 2.53. The van der Waals surface area contributed by atoms with Crippen molar-refractivity contribution in [2.45, 2.75) is 46.2 Å². The van der Waals surface area contributed by atoms with Gasteiger partial charge in [-0.1, -0.05) is 0 Å². The third-order valence-electron chi connectivity index (χ3n) is 3.48. The van der Waals surface area contributed by atoms with E-state index in [1.54, 1.807) is 16.5 Å². The van der Waals surface area contributed by atoms with Crippen LogP contribution < -0.4 is 5.32 Å². The molecule has 0 atom stereocenters. The lowest BCUT2D eigenvalue weighted by molar-refractivity contribution is 0.0516. The highest BCUT2D eigenvalue weighted by Crippen LogP contribution is 2.23. The number of hydrogen-bond acceptors (Lipinski definition) is 4. The number of nitrogens with zero attached hydrogens (tertiary/aromatic N) is 3. The molecule has 1 aromatic heterocycles. The van der Waals surface area contributed by atoms with Gasteiger partial charge in [0.1, 0.15) is 0 Å². The summed E-state index contributed by atoms with van der Waals surface area (Å²) in [5, 5.41) is 7.21. The number of aromatic nitrogens is 2. The SMILES string of the molecule is CCOC(=O)c1nn(C)c2c1CN(C(=O)NC(C)(C)C)CC2. The van der Waals surface area contributed by atoms with E-state index in [9.17, 15) is 9.59 Å². The minimum absolute atomic E-state index is 0.128. The Morgan fingerprint density at radius 1 is 1.36 bits per heavy atom. The molecule has 122 valence electrons. The maximum atomic E-state index is 12.3. The number of ether oxygens (including phenoxy) is 1. The van der Waals surface area contributed by atoms with E-state index >= 15 is 0 Å². The molecule has 0 unspecified atom stereocenters. The second-order valence-electron chi connectivity index (χ2n) is 6.47. The zero-order chi connectivity index (χ0) is 16.5. The van der Waals surface area contributed by atoms with Gasteiger partial charge in [-0.15, -0.1) is 0 Å². The molecule has 0 aromatic carbocycles. The van der Waals surface area contributed by atoms with Gasteiger partial charge in [-0.25, -0.2) is 9.59 Å². The Labute approximate surface area is 130 Å². The second-order valence-corrected chi connectivity index (χ2v) is 6.47. The van der Waals surface area contributed by atoms with Crippen LogP contribution >= 0.6 is 0 Å². The average Bonchev–Trinajstić information content (AvgIpc) is 2.74. The number of carbonyl (C=O) groups excluding carboxylic acids is 2. The highest BCUT2D eigenvalue weighted by atomic mass is 16.5. The molecule has 0 bridgehead atoms. The topological polar surface area (TPSA) is 76.5 Å². The molecule has 2 amide bonds. The predicted molar refractivity (Wildman–Crippen MR) is 81.6 cm³/mol. The van der Waals surface area contributed by atoms with E-state index in [1.165, 1.54) is 0 Å². The first-order chi connectivity index (χ1) is 10.2. The summed E-state index contributed by atoms with van der Waals surface area (Å²) in [6.45, 7) is 8.86. The van der Waals surface area contributed by atoms with Gasteiger partial charge in [0.15, 0.2) is 5.69 Å². The van der Waals surface area contributed by atoms with Crippen molar-refractivity contribution >= 4 is 12.0 Å². The minimum Gasteiger partial charge on any atom is -0.461 e. The van der Waals surface area contributed by atoms with Crippen molar-refractivity contribution in [2.75, 3.05) is 13.2 Å². The molecular formula is C15H24N4O3. The standard InChI is InChI=1S/C15H24N4O3/c1-6-22-13(20)12-10-9-19(14(21)16-15(2,3)4)8-7-11(10)18(5)17-12/h6-9H2,1-5H3,(H,16,21). The van der Waals surface area contributed by atoms with Crippen LogP contribution in [0, 0.1) is 0 Å². The first-order valence-corrected chi connectivity index (χ1v) is 7.52. The van der Waals surface area contributed by atoms with Crippen LogP contribution in [0.3, 0.4) is 0 Å². The predicted octanol–water partition coefficient (Wildman–Crippen LogP) is 1.46. The third-order valence-corrected chi connectivity index (χ3v) is 3.48. The van der Waals surface area contributed by atoms with E-state index in [0.717, 1.165) is 11.3 Å². The van der Waals surface area contributed by atoms with Gasteiger partial charge in [0.2, 0.25) is 0 Å². The molecule has 1 aliphatic heterocycles. The van der Waals surface area contributed by atoms with Gasteiger partial charge in [0, 0.05) is 36.8 Å². The first kappa shape index (κ1) is 16.3. The third kappa shape index (κ3) is 3.40. The highest BCUT2D eigenvalue weighted by Gasteiger charge is 2.30. The number of carbonyl (C=O) groups is 2. The molecule has 0 radical (unpaired) electrons. The maximum Gasteiger partial charge on any atom is 0.359 e. The lowest BCUT2D eigenvalue weighted by Crippen LogP contribution is -2.49. The monoisotopic (exact) mass is 308 g/mol. The van der Waals surface area contributed by atoms with Crippen molar-refractivity contribution in [3.05, 3.63) is 17.0 Å². The van der Waals surface area contributed by atoms with E-state index in [0.29, 0.717) is 31.8 Å². The fraction of sp³-hybridized carbons (Fsp3) is 0.667. The number of amides is 2. The van der Waals surface area contributed by atoms with Crippen molar-refractivity contribution in [3.63, 3.8) is 0 Å². The molecule has 0 spiro atoms. The zero-order valence-corrected chi connectivity index (χ0v) is 13.9. The van der Waals surface area contributed by atoms with E-state index in [4.69, 9.17) is 4.74 Å². The molecule has 0 fully saturated rings. The number of hydrogen-bond donors (Lipinski definition) is 1. The Morgan fingerprint density at radius 3 is 2.64 bits per heavy atom. The summed E-state index contributed by atoms with van der Waals surface area (Å²) in [6, 6.07) is -0.128. The molecule has 2 heterocycles. The molecule has 1 aliphatic rings.